The van der Waals surface area contributed by atoms with Gasteiger partial charge in [0, 0.05) is 5.54 Å². The van der Waals surface area contributed by atoms with E-state index in [0.29, 0.717) is 5.69 Å². The van der Waals surface area contributed by atoms with Gasteiger partial charge in [-0.15, -0.1) is 0 Å². The van der Waals surface area contributed by atoms with Gasteiger partial charge >= 0.3 is 5.97 Å². The van der Waals surface area contributed by atoms with Crippen LogP contribution in [0.4, 0.5) is 5.69 Å². The predicted molar refractivity (Wildman–Crippen MR) is 74.7 cm³/mol. The summed E-state index contributed by atoms with van der Waals surface area (Å²) >= 11 is 5.98. The number of rotatable bonds is 4. The number of hydrogen-bond acceptors (Lipinski definition) is 3. The smallest absolute Gasteiger partial charge is 0.323 e. The molecule has 0 fully saturated rings. The van der Waals surface area contributed by atoms with Crippen molar-refractivity contribution in [2.24, 2.45) is 5.73 Å². The fourth-order valence-corrected chi connectivity index (χ4v) is 2.06. The highest BCUT2D eigenvalue weighted by atomic mass is 35.5. The largest absolute Gasteiger partial charge is 0.480 e. The van der Waals surface area contributed by atoms with Crippen LogP contribution in [0.15, 0.2) is 18.2 Å². The molecule has 0 spiro atoms. The van der Waals surface area contributed by atoms with Gasteiger partial charge in [0.2, 0.25) is 0 Å². The first-order valence-corrected chi connectivity index (χ1v) is 6.10. The molecule has 0 saturated carbocycles. The first-order chi connectivity index (χ1) is 8.64. The van der Waals surface area contributed by atoms with Crippen LogP contribution in [0, 0.1) is 0 Å². The van der Waals surface area contributed by atoms with Crippen molar-refractivity contribution in [2.75, 3.05) is 11.4 Å². The number of primary amides is 1. The van der Waals surface area contributed by atoms with Gasteiger partial charge in [-0.3, -0.25) is 9.59 Å². The summed E-state index contributed by atoms with van der Waals surface area (Å²) in [6.45, 7) is 5.30. The average molecular weight is 285 g/mol. The van der Waals surface area contributed by atoms with Crippen molar-refractivity contribution in [3.63, 3.8) is 0 Å². The molecule has 19 heavy (non-hydrogen) atoms. The van der Waals surface area contributed by atoms with Gasteiger partial charge in [0.25, 0.3) is 5.91 Å². The monoisotopic (exact) mass is 284 g/mol. The molecule has 0 saturated heterocycles. The zero-order valence-electron chi connectivity index (χ0n) is 11.1. The van der Waals surface area contributed by atoms with E-state index in [4.69, 9.17) is 22.4 Å². The highest BCUT2D eigenvalue weighted by Gasteiger charge is 2.28. The zero-order valence-corrected chi connectivity index (χ0v) is 11.9. The molecule has 104 valence electrons. The second kappa shape index (κ2) is 5.48. The van der Waals surface area contributed by atoms with Crippen molar-refractivity contribution in [3.8, 4) is 0 Å². The molecule has 0 atom stereocenters. The number of halogens is 1. The Hall–Kier alpha value is -1.75. The van der Waals surface area contributed by atoms with Crippen LogP contribution in [0.25, 0.3) is 0 Å². The third-order valence-corrected chi connectivity index (χ3v) is 2.95. The molecule has 0 aliphatic rings. The molecule has 6 heteroatoms. The second-order valence-electron chi connectivity index (χ2n) is 5.15. The van der Waals surface area contributed by atoms with Crippen LogP contribution < -0.4 is 10.6 Å². The summed E-state index contributed by atoms with van der Waals surface area (Å²) < 4.78 is 0. The number of hydrogen-bond donors (Lipinski definition) is 2. The maximum atomic E-state index is 11.5. The molecule has 0 radical (unpaired) electrons. The fourth-order valence-electron chi connectivity index (χ4n) is 1.80. The van der Waals surface area contributed by atoms with Crippen molar-refractivity contribution in [3.05, 3.63) is 28.8 Å². The molecule has 0 heterocycles. The van der Waals surface area contributed by atoms with E-state index in [1.165, 1.54) is 0 Å². The molecule has 5 nitrogen and oxygen atoms in total. The molecule has 1 amide bonds. The van der Waals surface area contributed by atoms with E-state index in [1.54, 1.807) is 23.1 Å². The van der Waals surface area contributed by atoms with E-state index in [2.05, 4.69) is 0 Å². The number of aliphatic carboxylic acids is 1. The standard InChI is InChI=1S/C13H17ClN2O3/c1-13(2,3)16(7-10(17)18)9-6-4-5-8(14)11(9)12(15)19/h4-6H,7H2,1-3H3,(H2,15,19)(H,17,18). The molecule has 3 N–H and O–H groups in total. The first-order valence-electron chi connectivity index (χ1n) is 5.72. The summed E-state index contributed by atoms with van der Waals surface area (Å²) in [5, 5.41) is 9.23. The summed E-state index contributed by atoms with van der Waals surface area (Å²) in [5.41, 5.74) is 5.40. The molecule has 1 aromatic carbocycles. The quantitative estimate of drug-likeness (QED) is 0.887. The number of carbonyl (C=O) groups is 2. The predicted octanol–water partition coefficient (Wildman–Crippen LogP) is 2.13. The fraction of sp³-hybridized carbons (Fsp3) is 0.385. The van der Waals surface area contributed by atoms with Crippen molar-refractivity contribution in [1.82, 2.24) is 0 Å². The molecule has 0 aromatic heterocycles. The van der Waals surface area contributed by atoms with Gasteiger partial charge in [0.05, 0.1) is 16.3 Å². The molecule has 1 rings (SSSR count). The minimum Gasteiger partial charge on any atom is -0.480 e. The SMILES string of the molecule is CC(C)(C)N(CC(=O)O)c1cccc(Cl)c1C(N)=O. The van der Waals surface area contributed by atoms with Crippen LogP contribution in [0.5, 0.6) is 0 Å². The van der Waals surface area contributed by atoms with E-state index in [9.17, 15) is 9.59 Å². The Morgan fingerprint density at radius 3 is 2.37 bits per heavy atom. The number of carboxylic acid groups (broad SMARTS) is 1. The third-order valence-electron chi connectivity index (χ3n) is 2.63. The minimum absolute atomic E-state index is 0.139. The minimum atomic E-state index is -0.995. The highest BCUT2D eigenvalue weighted by Crippen LogP contribution is 2.31. The molecular formula is C13H17ClN2O3. The number of carboxylic acids is 1. The van der Waals surface area contributed by atoms with Crippen LogP contribution in [-0.2, 0) is 4.79 Å². The lowest BCUT2D eigenvalue weighted by Gasteiger charge is -2.37. The number of nitrogens with two attached hydrogens (primary N) is 1. The summed E-state index contributed by atoms with van der Waals surface area (Å²) in [5.74, 6) is -1.68. The van der Waals surface area contributed by atoms with E-state index in [-0.39, 0.29) is 17.1 Å². The van der Waals surface area contributed by atoms with Gasteiger partial charge < -0.3 is 15.7 Å². The summed E-state index contributed by atoms with van der Waals surface area (Å²) in [6, 6.07) is 4.84. The van der Waals surface area contributed by atoms with E-state index in [1.807, 2.05) is 20.8 Å². The van der Waals surface area contributed by atoms with E-state index in [0.717, 1.165) is 0 Å². The lowest BCUT2D eigenvalue weighted by molar-refractivity contribution is -0.135. The van der Waals surface area contributed by atoms with Crippen molar-refractivity contribution >= 4 is 29.2 Å². The second-order valence-corrected chi connectivity index (χ2v) is 5.56. The molecule has 0 aliphatic carbocycles. The number of carbonyl (C=O) groups excluding carboxylic acids is 1. The first kappa shape index (κ1) is 15.3. The van der Waals surface area contributed by atoms with Gasteiger partial charge in [-0.1, -0.05) is 17.7 Å². The topological polar surface area (TPSA) is 83.6 Å². The van der Waals surface area contributed by atoms with Crippen LogP contribution >= 0.6 is 11.6 Å². The lowest BCUT2D eigenvalue weighted by Crippen LogP contribution is -2.45. The van der Waals surface area contributed by atoms with Crippen LogP contribution in [-0.4, -0.2) is 29.1 Å². The van der Waals surface area contributed by atoms with Gasteiger partial charge in [0.15, 0.2) is 0 Å². The van der Waals surface area contributed by atoms with Crippen molar-refractivity contribution in [2.45, 2.75) is 26.3 Å². The Morgan fingerprint density at radius 2 is 1.95 bits per heavy atom. The number of amides is 1. The highest BCUT2D eigenvalue weighted by molar-refractivity contribution is 6.34. The summed E-state index contributed by atoms with van der Waals surface area (Å²) in [6.07, 6.45) is 0. The Balaban J connectivity index is 3.42. The zero-order chi connectivity index (χ0) is 14.8. The molecule has 0 bridgehead atoms. The van der Waals surface area contributed by atoms with E-state index >= 15 is 0 Å². The Bertz CT molecular complexity index is 509. The molecule has 0 aliphatic heterocycles. The van der Waals surface area contributed by atoms with E-state index < -0.39 is 17.4 Å². The maximum absolute atomic E-state index is 11.5. The number of nitrogens with zero attached hydrogens (tertiary/aromatic N) is 1. The van der Waals surface area contributed by atoms with Gasteiger partial charge in [-0.25, -0.2) is 0 Å². The van der Waals surface area contributed by atoms with Crippen molar-refractivity contribution in [1.29, 1.82) is 0 Å². The third kappa shape index (κ3) is 3.61. The summed E-state index contributed by atoms with van der Waals surface area (Å²) in [7, 11) is 0. The Labute approximate surface area is 117 Å². The maximum Gasteiger partial charge on any atom is 0.323 e. The lowest BCUT2D eigenvalue weighted by atomic mass is 10.0. The van der Waals surface area contributed by atoms with Crippen LogP contribution in [0.2, 0.25) is 5.02 Å². The van der Waals surface area contributed by atoms with Crippen LogP contribution in [0.1, 0.15) is 31.1 Å². The van der Waals surface area contributed by atoms with Gasteiger partial charge in [-0.05, 0) is 32.9 Å². The summed E-state index contributed by atoms with van der Waals surface area (Å²) in [4.78, 5) is 24.1. The Kier molecular flexibility index (Phi) is 4.42. The Morgan fingerprint density at radius 1 is 1.37 bits per heavy atom. The van der Waals surface area contributed by atoms with Crippen molar-refractivity contribution < 1.29 is 14.7 Å². The number of anilines is 1. The van der Waals surface area contributed by atoms with Gasteiger partial charge in [0.1, 0.15) is 6.54 Å². The average Bonchev–Trinajstić information content (AvgIpc) is 2.23. The van der Waals surface area contributed by atoms with Crippen LogP contribution in [0.3, 0.4) is 0 Å². The molecule has 0 unspecified atom stereocenters. The normalized spacial score (nSPS) is 11.2. The molecular weight excluding hydrogens is 268 g/mol. The molecule has 1 aromatic rings. The van der Waals surface area contributed by atoms with Gasteiger partial charge in [-0.2, -0.15) is 0 Å². The number of benzene rings is 1.